The molecule has 0 unspecified atom stereocenters. The van der Waals surface area contributed by atoms with Crippen molar-refractivity contribution in [3.05, 3.63) is 0 Å². The summed E-state index contributed by atoms with van der Waals surface area (Å²) in [6.45, 7) is 41.6. The van der Waals surface area contributed by atoms with E-state index in [4.69, 9.17) is 0 Å². The van der Waals surface area contributed by atoms with Gasteiger partial charge in [-0.05, 0) is 0 Å². The van der Waals surface area contributed by atoms with Crippen molar-refractivity contribution in [2.75, 3.05) is 0 Å². The predicted octanol–water partition coefficient (Wildman–Crippen LogP) is 3.10. The summed E-state index contributed by atoms with van der Waals surface area (Å²) in [5.74, 6) is 0. The second-order valence-corrected chi connectivity index (χ2v) is 85.5. The molecule has 0 aromatic carbocycles. The topological polar surface area (TPSA) is 0 Å². The summed E-state index contributed by atoms with van der Waals surface area (Å²) in [6.07, 6.45) is 0. The first-order chi connectivity index (χ1) is 9.12. The van der Waals surface area contributed by atoms with Crippen LogP contribution in [0.4, 0.5) is 0 Å². The molecule has 0 spiro atoms. The molecular weight excluding hydrogens is 384 g/mol. The third-order valence-electron chi connectivity index (χ3n) is 7.50. The van der Waals surface area contributed by atoms with Gasteiger partial charge in [0.25, 0.3) is 0 Å². The predicted molar refractivity (Wildman–Crippen MR) is 128 cm³/mol. The first-order valence-corrected chi connectivity index (χ1v) is 36.0. The van der Waals surface area contributed by atoms with Crippen molar-refractivity contribution in [1.29, 1.82) is 0 Å². The van der Waals surface area contributed by atoms with Crippen LogP contribution >= 0.6 is 0 Å². The number of hydrogen-bond donors (Lipinski definition) is 0. The molecule has 0 heterocycles. The Kier molecular flexibility index (Phi) is 9.06. The minimum Gasteiger partial charge on any atom is -0.258 e. The fraction of sp³-hybridized carbons (Fsp3) is 1.00. The van der Waals surface area contributed by atoms with Crippen molar-refractivity contribution in [3.63, 3.8) is 0 Å². The molecule has 23 heavy (non-hydrogen) atoms. The van der Waals surface area contributed by atoms with Crippen LogP contribution in [0.2, 0.25) is 98.2 Å². The normalized spacial score (nSPS) is 15.7. The molecule has 0 aliphatic carbocycles. The van der Waals surface area contributed by atoms with Gasteiger partial charge in [-0.15, -0.1) is 21.3 Å². The van der Waals surface area contributed by atoms with Crippen LogP contribution in [0.15, 0.2) is 0 Å². The Morgan fingerprint density at radius 3 is 0.565 bits per heavy atom. The Morgan fingerprint density at radius 2 is 0.478 bits per heavy atom. The maximum absolute atomic E-state index is 2.86. The van der Waals surface area contributed by atoms with Crippen LogP contribution in [0, 0.1) is 0 Å². The molecule has 0 amide bonds. The number of hydrogen-bond acceptors (Lipinski definition) is 0. The second kappa shape index (κ2) is 7.62. The molecule has 0 atom stereocenters. The van der Waals surface area contributed by atoms with E-state index >= 15 is 0 Å². The molecule has 0 bridgehead atoms. The Balaban J connectivity index is 0. The summed E-state index contributed by atoms with van der Waals surface area (Å²) >= 11 is 0. The van der Waals surface area contributed by atoms with Gasteiger partial charge in [0.1, 0.15) is 0 Å². The first kappa shape index (κ1) is 27.3. The van der Waals surface area contributed by atoms with Crippen LogP contribution in [0.25, 0.3) is 0 Å². The fourth-order valence-electron chi connectivity index (χ4n) is 3.47. The molecule has 0 aromatic heterocycles. The van der Waals surface area contributed by atoms with Crippen LogP contribution in [-0.4, -0.2) is 51.5 Å². The van der Waals surface area contributed by atoms with E-state index in [2.05, 4.69) is 98.2 Å². The summed E-state index contributed by atoms with van der Waals surface area (Å²) in [6, 6.07) is 0. The standard InChI is InChI=1S/C15H45Si7.Li/c1-17(2,3)20(10,11)16(21(12,13)18(4,5)6)22(14,15)19(7,8)9;/h1-15H3;/q-1;+1. The van der Waals surface area contributed by atoms with Gasteiger partial charge in [-0.1, -0.05) is 98.2 Å². The van der Waals surface area contributed by atoms with Crippen LogP contribution in [0.5, 0.6) is 0 Å². The molecule has 0 saturated heterocycles. The number of rotatable bonds is 6. The van der Waals surface area contributed by atoms with Gasteiger partial charge >= 0.3 is 18.9 Å². The molecule has 0 radical (unpaired) electrons. The van der Waals surface area contributed by atoms with E-state index in [-0.39, 0.29) is 26.2 Å². The Morgan fingerprint density at radius 1 is 0.348 bits per heavy atom. The maximum Gasteiger partial charge on any atom is 1.00 e. The minimum absolute atomic E-state index is 0. The maximum atomic E-state index is 2.86. The molecular formula is C15H45LiSi7. The summed E-state index contributed by atoms with van der Waals surface area (Å²) < 4.78 is 0. The van der Waals surface area contributed by atoms with Gasteiger partial charge < -0.3 is 0 Å². The van der Waals surface area contributed by atoms with Gasteiger partial charge in [-0.25, -0.2) is 0 Å². The summed E-state index contributed by atoms with van der Waals surface area (Å²) in [5, 5.41) is 0. The molecule has 0 fully saturated rings. The minimum atomic E-state index is -1.09. The van der Waals surface area contributed by atoms with Gasteiger partial charge in [0, 0.05) is 22.8 Å². The largest absolute Gasteiger partial charge is 1.00 e. The summed E-state index contributed by atoms with van der Waals surface area (Å²) in [4.78, 5) is 0. The third-order valence-corrected chi connectivity index (χ3v) is 142. The van der Waals surface area contributed by atoms with E-state index in [1.54, 1.807) is 0 Å². The average molecular weight is 429 g/mol. The molecule has 0 aliphatic rings. The van der Waals surface area contributed by atoms with Gasteiger partial charge in [-0.3, -0.25) is 7.35 Å². The van der Waals surface area contributed by atoms with Crippen molar-refractivity contribution in [2.24, 2.45) is 0 Å². The van der Waals surface area contributed by atoms with Crippen LogP contribution in [0.3, 0.4) is 0 Å². The van der Waals surface area contributed by atoms with Crippen molar-refractivity contribution in [3.8, 4) is 0 Å². The molecule has 8 heteroatoms. The van der Waals surface area contributed by atoms with E-state index in [1.165, 1.54) is 0 Å². The summed E-state index contributed by atoms with van der Waals surface area (Å²) in [7, 11) is -6.50. The third kappa shape index (κ3) is 5.31. The molecule has 0 aliphatic heterocycles. The van der Waals surface area contributed by atoms with E-state index in [9.17, 15) is 0 Å². The second-order valence-electron chi connectivity index (χ2n) is 12.0. The zero-order valence-electron chi connectivity index (χ0n) is 19.5. The Bertz CT molecular complexity index is 336. The Labute approximate surface area is 167 Å². The monoisotopic (exact) mass is 428 g/mol. The zero-order chi connectivity index (χ0) is 18.6. The molecule has 0 rings (SSSR count). The van der Waals surface area contributed by atoms with Gasteiger partial charge in [0.05, 0.1) is 0 Å². The molecule has 0 nitrogen and oxygen atoms in total. The van der Waals surface area contributed by atoms with Gasteiger partial charge in [0.2, 0.25) is 0 Å². The molecule has 0 aromatic rings. The molecule has 0 N–H and O–H groups in total. The van der Waals surface area contributed by atoms with E-state index in [0.717, 1.165) is 0 Å². The molecule has 0 saturated carbocycles. The first-order valence-electron chi connectivity index (χ1n) is 9.00. The van der Waals surface area contributed by atoms with E-state index in [1.807, 2.05) is 0 Å². The Hall–Kier alpha value is 2.12. The van der Waals surface area contributed by atoms with Crippen LogP contribution in [0.1, 0.15) is 0 Å². The average Bonchev–Trinajstić information content (AvgIpc) is 2.09. The SMILES string of the molecule is C[Si](C)(C)[Si](C)(C)[Si-]([Si](C)(C)[Si](C)(C)C)[Si](C)(C)[Si](C)(C)C.[Li+]. The van der Waals surface area contributed by atoms with Gasteiger partial charge in [0.15, 0.2) is 0 Å². The van der Waals surface area contributed by atoms with Gasteiger partial charge in [-0.2, -0.15) is 0 Å². The van der Waals surface area contributed by atoms with Crippen LogP contribution in [-0.2, 0) is 0 Å². The quantitative estimate of drug-likeness (QED) is 0.570. The van der Waals surface area contributed by atoms with Crippen molar-refractivity contribution < 1.29 is 18.9 Å². The smallest absolute Gasteiger partial charge is 0.258 e. The van der Waals surface area contributed by atoms with E-state index < -0.39 is 44.1 Å². The van der Waals surface area contributed by atoms with Crippen LogP contribution < -0.4 is 18.9 Å². The zero-order valence-corrected chi connectivity index (χ0v) is 26.5. The summed E-state index contributed by atoms with van der Waals surface area (Å²) in [5.41, 5.74) is 0. The molecule has 134 valence electrons. The van der Waals surface area contributed by atoms with Crippen molar-refractivity contribution >= 4 is 51.5 Å². The fourth-order valence-corrected chi connectivity index (χ4v) is 215. The van der Waals surface area contributed by atoms with Crippen molar-refractivity contribution in [2.45, 2.75) is 98.2 Å². The van der Waals surface area contributed by atoms with E-state index in [0.29, 0.717) is 0 Å². The van der Waals surface area contributed by atoms with Crippen molar-refractivity contribution in [1.82, 2.24) is 0 Å².